The number of benzene rings is 1. The summed E-state index contributed by atoms with van der Waals surface area (Å²) in [5.41, 5.74) is 1.71. The highest BCUT2D eigenvalue weighted by molar-refractivity contribution is 6.29. The lowest BCUT2D eigenvalue weighted by Gasteiger charge is -2.02. The Morgan fingerprint density at radius 1 is 1.18 bits per heavy atom. The first-order valence-electron chi connectivity index (χ1n) is 5.06. The average molecular weight is 246 g/mol. The van der Waals surface area contributed by atoms with E-state index in [9.17, 15) is 0 Å². The number of aryl methyl sites for hydroxylation is 1. The maximum absolute atomic E-state index is 5.91. The zero-order valence-electron chi connectivity index (χ0n) is 9.00. The summed E-state index contributed by atoms with van der Waals surface area (Å²) < 4.78 is 1.65. The number of aromatic nitrogens is 5. The molecule has 5 nitrogen and oxygen atoms in total. The van der Waals surface area contributed by atoms with Crippen molar-refractivity contribution in [1.29, 1.82) is 0 Å². The first-order chi connectivity index (χ1) is 8.24. The Hall–Kier alpha value is -2.01. The maximum Gasteiger partial charge on any atom is 0.161 e. The van der Waals surface area contributed by atoms with Crippen LogP contribution in [-0.2, 0) is 0 Å². The van der Waals surface area contributed by atoms with Gasteiger partial charge in [0.1, 0.15) is 16.5 Å². The molecule has 2 heterocycles. The molecule has 0 N–H and O–H groups in total. The van der Waals surface area contributed by atoms with Crippen LogP contribution in [0, 0.1) is 6.92 Å². The molecule has 0 amide bonds. The average Bonchev–Trinajstić information content (AvgIpc) is 2.71. The van der Waals surface area contributed by atoms with E-state index in [1.165, 1.54) is 0 Å². The fraction of sp³-hybridized carbons (Fsp3) is 0.0909. The summed E-state index contributed by atoms with van der Waals surface area (Å²) in [5.74, 6) is 1.23. The Bertz CT molecular complexity index is 671. The van der Waals surface area contributed by atoms with Gasteiger partial charge in [-0.3, -0.25) is 0 Å². The van der Waals surface area contributed by atoms with Gasteiger partial charge < -0.3 is 0 Å². The van der Waals surface area contributed by atoms with Gasteiger partial charge >= 0.3 is 0 Å². The fourth-order valence-corrected chi connectivity index (χ4v) is 1.88. The third-order valence-corrected chi connectivity index (χ3v) is 2.56. The van der Waals surface area contributed by atoms with E-state index in [0.29, 0.717) is 16.8 Å². The predicted octanol–water partition coefficient (Wildman–Crippen LogP) is 2.17. The molecule has 0 radical (unpaired) electrons. The highest BCUT2D eigenvalue weighted by Crippen LogP contribution is 2.16. The van der Waals surface area contributed by atoms with Gasteiger partial charge in [0.2, 0.25) is 0 Å². The van der Waals surface area contributed by atoms with Gasteiger partial charge in [0.15, 0.2) is 5.82 Å². The number of halogens is 1. The van der Waals surface area contributed by atoms with Crippen LogP contribution in [0.15, 0.2) is 30.3 Å². The zero-order chi connectivity index (χ0) is 11.8. The van der Waals surface area contributed by atoms with Gasteiger partial charge in [-0.05, 0) is 19.1 Å². The lowest BCUT2D eigenvalue weighted by atomic mass is 10.3. The van der Waals surface area contributed by atoms with Crippen LogP contribution >= 0.6 is 11.6 Å². The van der Waals surface area contributed by atoms with Gasteiger partial charge in [0.25, 0.3) is 0 Å². The molecule has 3 rings (SSSR count). The second-order valence-electron chi connectivity index (χ2n) is 3.59. The van der Waals surface area contributed by atoms with Crippen molar-refractivity contribution in [1.82, 2.24) is 25.0 Å². The van der Waals surface area contributed by atoms with Crippen molar-refractivity contribution >= 4 is 22.6 Å². The SMILES string of the molecule is Cc1nc(Cl)cc(-n2nnc3ccccc32)n1. The number of para-hydroxylation sites is 1. The minimum Gasteiger partial charge on any atom is -0.221 e. The van der Waals surface area contributed by atoms with E-state index in [4.69, 9.17) is 11.6 Å². The topological polar surface area (TPSA) is 56.5 Å². The highest BCUT2D eigenvalue weighted by Gasteiger charge is 2.08. The monoisotopic (exact) mass is 245 g/mol. The molecule has 0 aliphatic rings. The molecule has 1 aromatic carbocycles. The van der Waals surface area contributed by atoms with Crippen LogP contribution < -0.4 is 0 Å². The Kier molecular flexibility index (Phi) is 2.26. The summed E-state index contributed by atoms with van der Waals surface area (Å²) in [6, 6.07) is 9.34. The molecule has 3 aromatic rings. The van der Waals surface area contributed by atoms with Crippen LogP contribution in [0.25, 0.3) is 16.9 Å². The van der Waals surface area contributed by atoms with E-state index >= 15 is 0 Å². The second kappa shape index (κ2) is 3.78. The summed E-state index contributed by atoms with van der Waals surface area (Å²) >= 11 is 5.91. The van der Waals surface area contributed by atoms with Crippen molar-refractivity contribution in [2.24, 2.45) is 0 Å². The molecule has 6 heteroatoms. The number of fused-ring (bicyclic) bond motifs is 1. The second-order valence-corrected chi connectivity index (χ2v) is 3.97. The third-order valence-electron chi connectivity index (χ3n) is 2.36. The number of hydrogen-bond acceptors (Lipinski definition) is 4. The molecule has 0 unspecified atom stereocenters. The van der Waals surface area contributed by atoms with E-state index in [2.05, 4.69) is 20.3 Å². The fourth-order valence-electron chi connectivity index (χ4n) is 1.66. The normalized spacial score (nSPS) is 10.9. The third kappa shape index (κ3) is 1.74. The van der Waals surface area contributed by atoms with Crippen LogP contribution in [0.2, 0.25) is 5.15 Å². The lowest BCUT2D eigenvalue weighted by molar-refractivity contribution is 0.790. The van der Waals surface area contributed by atoms with Gasteiger partial charge in [-0.2, -0.15) is 4.68 Å². The van der Waals surface area contributed by atoms with Gasteiger partial charge in [0, 0.05) is 6.07 Å². The first kappa shape index (κ1) is 10.2. The zero-order valence-corrected chi connectivity index (χ0v) is 9.76. The summed E-state index contributed by atoms with van der Waals surface area (Å²) in [6.07, 6.45) is 0. The Labute approximate surface area is 102 Å². The molecule has 0 aliphatic heterocycles. The molecule has 2 aromatic heterocycles. The standard InChI is InChI=1S/C11H8ClN5/c1-7-13-10(12)6-11(14-7)17-9-5-3-2-4-8(9)15-16-17/h2-6H,1H3. The summed E-state index contributed by atoms with van der Waals surface area (Å²) in [6.45, 7) is 1.79. The molecular formula is C11H8ClN5. The molecule has 0 saturated heterocycles. The van der Waals surface area contributed by atoms with Crippen molar-refractivity contribution < 1.29 is 0 Å². The molecule has 0 fully saturated rings. The first-order valence-corrected chi connectivity index (χ1v) is 5.44. The lowest BCUT2D eigenvalue weighted by Crippen LogP contribution is -2.02. The molecule has 0 saturated carbocycles. The molecule has 84 valence electrons. The maximum atomic E-state index is 5.91. The summed E-state index contributed by atoms with van der Waals surface area (Å²) in [4.78, 5) is 8.31. The number of nitrogens with zero attached hydrogens (tertiary/aromatic N) is 5. The predicted molar refractivity (Wildman–Crippen MR) is 64.2 cm³/mol. The molecule has 17 heavy (non-hydrogen) atoms. The quantitative estimate of drug-likeness (QED) is 0.617. The summed E-state index contributed by atoms with van der Waals surface area (Å²) in [7, 11) is 0. The van der Waals surface area contributed by atoms with E-state index in [1.807, 2.05) is 24.3 Å². The van der Waals surface area contributed by atoms with Crippen LogP contribution in [0.1, 0.15) is 5.82 Å². The van der Waals surface area contributed by atoms with Crippen molar-refractivity contribution in [2.45, 2.75) is 6.92 Å². The van der Waals surface area contributed by atoms with Crippen molar-refractivity contribution in [2.75, 3.05) is 0 Å². The van der Waals surface area contributed by atoms with E-state index < -0.39 is 0 Å². The van der Waals surface area contributed by atoms with Crippen molar-refractivity contribution in [3.63, 3.8) is 0 Å². The Morgan fingerprint density at radius 3 is 2.82 bits per heavy atom. The van der Waals surface area contributed by atoms with Crippen LogP contribution in [0.3, 0.4) is 0 Å². The number of hydrogen-bond donors (Lipinski definition) is 0. The summed E-state index contributed by atoms with van der Waals surface area (Å²) in [5, 5.41) is 8.52. The van der Waals surface area contributed by atoms with Crippen LogP contribution in [0.4, 0.5) is 0 Å². The minimum atomic E-state index is 0.395. The van der Waals surface area contributed by atoms with E-state index in [0.717, 1.165) is 11.0 Å². The molecule has 0 atom stereocenters. The Morgan fingerprint density at radius 2 is 2.00 bits per heavy atom. The van der Waals surface area contributed by atoms with E-state index in [1.54, 1.807) is 17.7 Å². The molecule has 0 bridgehead atoms. The van der Waals surface area contributed by atoms with Gasteiger partial charge in [0.05, 0.1) is 5.52 Å². The smallest absolute Gasteiger partial charge is 0.161 e. The number of rotatable bonds is 1. The van der Waals surface area contributed by atoms with E-state index in [-0.39, 0.29) is 0 Å². The molecule has 0 aliphatic carbocycles. The minimum absolute atomic E-state index is 0.395. The molecule has 0 spiro atoms. The Balaban J connectivity index is 2.27. The highest BCUT2D eigenvalue weighted by atomic mass is 35.5. The van der Waals surface area contributed by atoms with Gasteiger partial charge in [-0.25, -0.2) is 9.97 Å². The molecular weight excluding hydrogens is 238 g/mol. The van der Waals surface area contributed by atoms with Crippen molar-refractivity contribution in [3.05, 3.63) is 41.3 Å². The van der Waals surface area contributed by atoms with Crippen LogP contribution in [0.5, 0.6) is 0 Å². The largest absolute Gasteiger partial charge is 0.221 e. The van der Waals surface area contributed by atoms with Crippen molar-refractivity contribution in [3.8, 4) is 5.82 Å². The van der Waals surface area contributed by atoms with Crippen LogP contribution in [-0.4, -0.2) is 25.0 Å². The van der Waals surface area contributed by atoms with Gasteiger partial charge in [-0.15, -0.1) is 5.10 Å². The van der Waals surface area contributed by atoms with Gasteiger partial charge in [-0.1, -0.05) is 28.9 Å².